The van der Waals surface area contributed by atoms with Crippen LogP contribution in [0.2, 0.25) is 0 Å². The second kappa shape index (κ2) is 4.50. The lowest BCUT2D eigenvalue weighted by molar-refractivity contribution is 0.171. The van der Waals surface area contributed by atoms with Crippen LogP contribution in [0.5, 0.6) is 11.5 Å². The summed E-state index contributed by atoms with van der Waals surface area (Å²) in [5, 5.41) is 2.91. The predicted octanol–water partition coefficient (Wildman–Crippen LogP) is 2.77. The summed E-state index contributed by atoms with van der Waals surface area (Å²) >= 11 is 0. The van der Waals surface area contributed by atoms with Crippen LogP contribution in [0.3, 0.4) is 0 Å². The first-order valence-corrected chi connectivity index (χ1v) is 6.25. The van der Waals surface area contributed by atoms with Crippen molar-refractivity contribution in [3.8, 4) is 22.8 Å². The lowest BCUT2D eigenvalue weighted by Crippen LogP contribution is -2.15. The lowest BCUT2D eigenvalue weighted by Gasteiger charge is -2.19. The third-order valence-electron chi connectivity index (χ3n) is 3.14. The van der Waals surface area contributed by atoms with Gasteiger partial charge in [0.1, 0.15) is 13.2 Å². The molecular weight excluding hydrogens is 244 g/mol. The fraction of sp³-hybridized carbons (Fsp3) is 0.357. The highest BCUT2D eigenvalue weighted by Crippen LogP contribution is 2.38. The number of fused-ring (bicyclic) bond motifs is 1. The minimum Gasteiger partial charge on any atom is -0.486 e. The van der Waals surface area contributed by atoms with Crippen LogP contribution < -0.4 is 14.8 Å². The van der Waals surface area contributed by atoms with E-state index in [2.05, 4.69) is 10.3 Å². The van der Waals surface area contributed by atoms with Gasteiger partial charge in [-0.25, -0.2) is 0 Å². The molecule has 2 heterocycles. The number of anilines is 1. The molecule has 1 aliphatic rings. The van der Waals surface area contributed by atoms with E-state index in [1.54, 1.807) is 7.05 Å². The van der Waals surface area contributed by atoms with Crippen LogP contribution in [0.15, 0.2) is 16.5 Å². The first-order valence-electron chi connectivity index (χ1n) is 6.25. The Morgan fingerprint density at radius 2 is 1.79 bits per heavy atom. The van der Waals surface area contributed by atoms with E-state index in [4.69, 9.17) is 13.9 Å². The molecular formula is C14H16N2O3. The van der Waals surface area contributed by atoms with Crippen molar-refractivity contribution in [3.05, 3.63) is 23.4 Å². The number of aryl methyl sites for hydroxylation is 2. The molecule has 0 saturated heterocycles. The second-order valence-electron chi connectivity index (χ2n) is 4.49. The van der Waals surface area contributed by atoms with Crippen molar-refractivity contribution >= 4 is 6.01 Å². The molecule has 5 heteroatoms. The predicted molar refractivity (Wildman–Crippen MR) is 71.9 cm³/mol. The van der Waals surface area contributed by atoms with Gasteiger partial charge in [0.2, 0.25) is 0 Å². The van der Waals surface area contributed by atoms with Crippen molar-refractivity contribution in [2.45, 2.75) is 13.8 Å². The van der Waals surface area contributed by atoms with Crippen molar-refractivity contribution in [1.29, 1.82) is 0 Å². The Morgan fingerprint density at radius 1 is 1.11 bits per heavy atom. The van der Waals surface area contributed by atoms with Crippen LogP contribution in [-0.2, 0) is 0 Å². The highest BCUT2D eigenvalue weighted by atomic mass is 16.6. The summed E-state index contributed by atoms with van der Waals surface area (Å²) in [7, 11) is 1.78. The van der Waals surface area contributed by atoms with Gasteiger partial charge in [-0.15, -0.1) is 0 Å². The van der Waals surface area contributed by atoms with E-state index in [0.717, 1.165) is 34.1 Å². The van der Waals surface area contributed by atoms with Crippen LogP contribution in [-0.4, -0.2) is 25.2 Å². The van der Waals surface area contributed by atoms with Crippen molar-refractivity contribution in [2.24, 2.45) is 0 Å². The maximum Gasteiger partial charge on any atom is 0.295 e. The number of nitrogens with zero attached hydrogens (tertiary/aromatic N) is 1. The Morgan fingerprint density at radius 3 is 2.42 bits per heavy atom. The number of benzene rings is 1. The van der Waals surface area contributed by atoms with Crippen LogP contribution >= 0.6 is 0 Å². The molecule has 19 heavy (non-hydrogen) atoms. The highest BCUT2D eigenvalue weighted by molar-refractivity contribution is 5.69. The van der Waals surface area contributed by atoms with Crippen LogP contribution in [0, 0.1) is 13.8 Å². The Kier molecular flexibility index (Phi) is 2.81. The first kappa shape index (κ1) is 11.9. The quantitative estimate of drug-likeness (QED) is 0.899. The van der Waals surface area contributed by atoms with Gasteiger partial charge in [-0.3, -0.25) is 0 Å². The molecule has 0 aliphatic carbocycles. The topological polar surface area (TPSA) is 56.5 Å². The molecule has 1 aromatic heterocycles. The number of aromatic nitrogens is 1. The zero-order chi connectivity index (χ0) is 13.4. The Labute approximate surface area is 111 Å². The minimum atomic E-state index is 0.516. The molecule has 0 spiro atoms. The Balaban J connectivity index is 2.11. The molecule has 1 N–H and O–H groups in total. The third kappa shape index (κ3) is 2.01. The number of ether oxygens (including phenoxy) is 2. The molecule has 0 saturated carbocycles. The molecule has 0 fully saturated rings. The van der Waals surface area contributed by atoms with Crippen molar-refractivity contribution < 1.29 is 13.9 Å². The third-order valence-corrected chi connectivity index (χ3v) is 3.14. The van der Waals surface area contributed by atoms with Crippen LogP contribution in [0.25, 0.3) is 11.3 Å². The van der Waals surface area contributed by atoms with E-state index < -0.39 is 0 Å². The van der Waals surface area contributed by atoms with Gasteiger partial charge in [-0.05, 0) is 31.5 Å². The molecule has 0 atom stereocenters. The van der Waals surface area contributed by atoms with Gasteiger partial charge in [0, 0.05) is 12.6 Å². The van der Waals surface area contributed by atoms with Gasteiger partial charge in [0.05, 0.1) is 5.69 Å². The standard InChI is InChI=1S/C14H16N2O3/c1-8-6-11-12(18-5-4-17-11)7-10(8)13-9(2)16-14(15-3)19-13/h6-7H,4-5H2,1-3H3,(H,15,16). The van der Waals surface area contributed by atoms with Crippen LogP contribution in [0.4, 0.5) is 6.01 Å². The summed E-state index contributed by atoms with van der Waals surface area (Å²) in [5.41, 5.74) is 2.91. The molecule has 0 unspecified atom stereocenters. The highest BCUT2D eigenvalue weighted by Gasteiger charge is 2.19. The molecule has 0 bridgehead atoms. The van der Waals surface area contributed by atoms with E-state index >= 15 is 0 Å². The minimum absolute atomic E-state index is 0.516. The SMILES string of the molecule is CNc1nc(C)c(-c2cc3c(cc2C)OCCO3)o1. The zero-order valence-electron chi connectivity index (χ0n) is 11.2. The summed E-state index contributed by atoms with van der Waals surface area (Å²) in [5.74, 6) is 2.31. The van der Waals surface area contributed by atoms with E-state index in [0.29, 0.717) is 19.2 Å². The fourth-order valence-corrected chi connectivity index (χ4v) is 2.19. The smallest absolute Gasteiger partial charge is 0.295 e. The molecule has 0 radical (unpaired) electrons. The molecule has 3 rings (SSSR count). The van der Waals surface area contributed by atoms with Gasteiger partial charge in [0.25, 0.3) is 6.01 Å². The maximum atomic E-state index is 5.70. The van der Waals surface area contributed by atoms with E-state index in [9.17, 15) is 0 Å². The summed E-state index contributed by atoms with van der Waals surface area (Å²) in [6.07, 6.45) is 0. The molecule has 1 aromatic carbocycles. The lowest BCUT2D eigenvalue weighted by atomic mass is 10.0. The van der Waals surface area contributed by atoms with E-state index in [1.165, 1.54) is 0 Å². The first-order chi connectivity index (χ1) is 9.19. The molecule has 1 aliphatic heterocycles. The monoisotopic (exact) mass is 260 g/mol. The average Bonchev–Trinajstić information content (AvgIpc) is 2.79. The Hall–Kier alpha value is -2.17. The van der Waals surface area contributed by atoms with Gasteiger partial charge < -0.3 is 19.2 Å². The number of hydrogen-bond acceptors (Lipinski definition) is 5. The zero-order valence-corrected chi connectivity index (χ0v) is 11.2. The molecule has 5 nitrogen and oxygen atoms in total. The summed E-state index contributed by atoms with van der Waals surface area (Å²) < 4.78 is 16.9. The number of hydrogen-bond donors (Lipinski definition) is 1. The van der Waals surface area contributed by atoms with Gasteiger partial charge in [-0.2, -0.15) is 4.98 Å². The summed E-state index contributed by atoms with van der Waals surface area (Å²) in [4.78, 5) is 4.31. The molecule has 100 valence electrons. The van der Waals surface area contributed by atoms with Crippen molar-refractivity contribution in [2.75, 3.05) is 25.6 Å². The second-order valence-corrected chi connectivity index (χ2v) is 4.49. The van der Waals surface area contributed by atoms with Crippen LogP contribution in [0.1, 0.15) is 11.3 Å². The summed E-state index contributed by atoms with van der Waals surface area (Å²) in [6.45, 7) is 5.12. The van der Waals surface area contributed by atoms with Gasteiger partial charge in [-0.1, -0.05) is 0 Å². The van der Waals surface area contributed by atoms with E-state index in [1.807, 2.05) is 26.0 Å². The normalized spacial score (nSPS) is 13.4. The van der Waals surface area contributed by atoms with E-state index in [-0.39, 0.29) is 0 Å². The number of nitrogens with one attached hydrogen (secondary N) is 1. The number of oxazole rings is 1. The molecule has 2 aromatic rings. The largest absolute Gasteiger partial charge is 0.486 e. The number of rotatable bonds is 2. The van der Waals surface area contributed by atoms with Gasteiger partial charge >= 0.3 is 0 Å². The van der Waals surface area contributed by atoms with Crippen molar-refractivity contribution in [3.63, 3.8) is 0 Å². The van der Waals surface area contributed by atoms with Gasteiger partial charge in [0.15, 0.2) is 17.3 Å². The average molecular weight is 260 g/mol. The Bertz CT molecular complexity index is 619. The van der Waals surface area contributed by atoms with Crippen molar-refractivity contribution in [1.82, 2.24) is 4.98 Å². The maximum absolute atomic E-state index is 5.70. The molecule has 0 amide bonds. The fourth-order valence-electron chi connectivity index (χ4n) is 2.19. The summed E-state index contributed by atoms with van der Waals surface area (Å²) in [6, 6.07) is 4.45.